The molecule has 0 aromatic heterocycles. The van der Waals surface area contributed by atoms with Crippen molar-refractivity contribution in [2.45, 2.75) is 32.1 Å². The van der Waals surface area contributed by atoms with E-state index in [0.29, 0.717) is 0 Å². The highest BCUT2D eigenvalue weighted by molar-refractivity contribution is 6.23. The molecule has 0 unspecified atom stereocenters. The van der Waals surface area contributed by atoms with Gasteiger partial charge < -0.3 is 0 Å². The molecule has 0 bridgehead atoms. The standard InChI is InChI=1S/C51H42/c1-5-16-37-29-30-39(34-48(37)51(3,4)31-6-2)35-25-27-36(28-26-35)41-32-40-19-10-11-20-42(40)47(33-41)50-45-23-14-12-21-43(45)49(38-17-8-7-9-18-38)44-22-13-15-24-46(44)50/h5-15,17-30,32-34H,1-2,16,31H2,3-4H3. The van der Waals surface area contributed by atoms with Gasteiger partial charge in [0.1, 0.15) is 0 Å². The van der Waals surface area contributed by atoms with Crippen LogP contribution in [0.5, 0.6) is 0 Å². The number of allylic oxidation sites excluding steroid dienone is 2. The van der Waals surface area contributed by atoms with Gasteiger partial charge in [-0.1, -0.05) is 172 Å². The molecule has 0 heteroatoms. The maximum absolute atomic E-state index is 4.04. The van der Waals surface area contributed by atoms with Crippen LogP contribution in [0.15, 0.2) is 183 Å². The summed E-state index contributed by atoms with van der Waals surface area (Å²) in [4.78, 5) is 0. The minimum absolute atomic E-state index is 0.00875. The first kappa shape index (κ1) is 32.2. The largest absolute Gasteiger partial charge is 0.103 e. The van der Waals surface area contributed by atoms with Gasteiger partial charge in [0.25, 0.3) is 0 Å². The van der Waals surface area contributed by atoms with Crippen molar-refractivity contribution in [1.29, 1.82) is 0 Å². The number of benzene rings is 8. The van der Waals surface area contributed by atoms with Crippen molar-refractivity contribution < 1.29 is 0 Å². The van der Waals surface area contributed by atoms with E-state index < -0.39 is 0 Å². The molecule has 0 saturated heterocycles. The third-order valence-electron chi connectivity index (χ3n) is 10.5. The lowest BCUT2D eigenvalue weighted by Crippen LogP contribution is -2.18. The molecule has 0 radical (unpaired) electrons. The van der Waals surface area contributed by atoms with Crippen molar-refractivity contribution in [2.75, 3.05) is 0 Å². The van der Waals surface area contributed by atoms with E-state index in [0.717, 1.165) is 12.8 Å². The lowest BCUT2D eigenvalue weighted by Gasteiger charge is -2.27. The molecule has 246 valence electrons. The van der Waals surface area contributed by atoms with E-state index in [4.69, 9.17) is 0 Å². The van der Waals surface area contributed by atoms with Gasteiger partial charge in [-0.25, -0.2) is 0 Å². The molecule has 8 rings (SSSR count). The van der Waals surface area contributed by atoms with E-state index in [-0.39, 0.29) is 5.41 Å². The van der Waals surface area contributed by atoms with E-state index >= 15 is 0 Å². The summed E-state index contributed by atoms with van der Waals surface area (Å²) in [6.07, 6.45) is 5.81. The molecule has 8 aromatic rings. The molecule has 0 spiro atoms. The maximum atomic E-state index is 4.04. The van der Waals surface area contributed by atoms with E-state index in [2.05, 4.69) is 185 Å². The monoisotopic (exact) mass is 654 g/mol. The zero-order valence-electron chi connectivity index (χ0n) is 29.5. The highest BCUT2D eigenvalue weighted by Crippen LogP contribution is 2.46. The van der Waals surface area contributed by atoms with Crippen molar-refractivity contribution in [1.82, 2.24) is 0 Å². The van der Waals surface area contributed by atoms with Gasteiger partial charge in [0.15, 0.2) is 0 Å². The van der Waals surface area contributed by atoms with Gasteiger partial charge in [0.05, 0.1) is 0 Å². The Morgan fingerprint density at radius 3 is 1.59 bits per heavy atom. The second-order valence-electron chi connectivity index (χ2n) is 14.3. The summed E-state index contributed by atoms with van der Waals surface area (Å²) in [5.41, 5.74) is 12.6. The quantitative estimate of drug-likeness (QED) is 0.107. The summed E-state index contributed by atoms with van der Waals surface area (Å²) < 4.78 is 0. The summed E-state index contributed by atoms with van der Waals surface area (Å²) >= 11 is 0. The Hall–Kier alpha value is -5.98. The lowest BCUT2D eigenvalue weighted by molar-refractivity contribution is 0.530. The first-order valence-corrected chi connectivity index (χ1v) is 17.9. The first-order chi connectivity index (χ1) is 25.0. The molecule has 0 atom stereocenters. The normalized spacial score (nSPS) is 11.6. The fourth-order valence-corrected chi connectivity index (χ4v) is 8.06. The Bertz CT molecular complexity index is 2510. The van der Waals surface area contributed by atoms with Crippen LogP contribution in [-0.4, -0.2) is 0 Å². The molecule has 0 saturated carbocycles. The highest BCUT2D eigenvalue weighted by Gasteiger charge is 2.23. The Labute approximate surface area is 302 Å². The minimum Gasteiger partial charge on any atom is -0.103 e. The minimum atomic E-state index is -0.00875. The maximum Gasteiger partial charge on any atom is -0.00199 e. The predicted molar refractivity (Wildman–Crippen MR) is 222 cm³/mol. The van der Waals surface area contributed by atoms with Gasteiger partial charge >= 0.3 is 0 Å². The second kappa shape index (κ2) is 13.4. The third-order valence-corrected chi connectivity index (χ3v) is 10.5. The molecule has 0 amide bonds. The van der Waals surface area contributed by atoms with Crippen LogP contribution in [0, 0.1) is 0 Å². The highest BCUT2D eigenvalue weighted by atomic mass is 14.3. The van der Waals surface area contributed by atoms with Gasteiger partial charge in [-0.3, -0.25) is 0 Å². The van der Waals surface area contributed by atoms with Crippen molar-refractivity contribution in [3.8, 4) is 44.5 Å². The zero-order chi connectivity index (χ0) is 35.0. The molecular formula is C51H42. The summed E-state index contributed by atoms with van der Waals surface area (Å²) in [7, 11) is 0. The van der Waals surface area contributed by atoms with Crippen LogP contribution in [0.4, 0.5) is 0 Å². The van der Waals surface area contributed by atoms with Gasteiger partial charge in [0.2, 0.25) is 0 Å². The fraction of sp³-hybridized carbons (Fsp3) is 0.0980. The van der Waals surface area contributed by atoms with Crippen LogP contribution in [0.1, 0.15) is 31.4 Å². The molecule has 51 heavy (non-hydrogen) atoms. The molecule has 0 nitrogen and oxygen atoms in total. The summed E-state index contributed by atoms with van der Waals surface area (Å²) in [5, 5.41) is 7.57. The van der Waals surface area contributed by atoms with Gasteiger partial charge in [-0.15, -0.1) is 13.2 Å². The molecule has 0 heterocycles. The summed E-state index contributed by atoms with van der Waals surface area (Å²) in [5.74, 6) is 0. The first-order valence-electron chi connectivity index (χ1n) is 17.9. The topological polar surface area (TPSA) is 0 Å². The Kier molecular flexibility index (Phi) is 8.46. The SMILES string of the molecule is C=CCc1ccc(-c2ccc(-c3cc(-c4c5ccccc5c(-c5ccccc5)c5ccccc45)c4ccccc4c3)cc2)cc1C(C)(C)CC=C. The van der Waals surface area contributed by atoms with E-state index in [1.165, 1.54) is 88.0 Å². The van der Waals surface area contributed by atoms with Crippen LogP contribution >= 0.6 is 0 Å². The van der Waals surface area contributed by atoms with Gasteiger partial charge in [0, 0.05) is 0 Å². The zero-order valence-corrected chi connectivity index (χ0v) is 29.5. The van der Waals surface area contributed by atoms with Crippen molar-refractivity contribution in [2.24, 2.45) is 0 Å². The van der Waals surface area contributed by atoms with E-state index in [9.17, 15) is 0 Å². The number of fused-ring (bicyclic) bond motifs is 3. The Morgan fingerprint density at radius 2 is 0.980 bits per heavy atom. The number of hydrogen-bond acceptors (Lipinski definition) is 0. The molecular weight excluding hydrogens is 613 g/mol. The van der Waals surface area contributed by atoms with E-state index in [1.54, 1.807) is 0 Å². The van der Waals surface area contributed by atoms with Crippen LogP contribution < -0.4 is 0 Å². The van der Waals surface area contributed by atoms with Crippen LogP contribution in [0.2, 0.25) is 0 Å². The average Bonchev–Trinajstić information content (AvgIpc) is 3.17. The lowest BCUT2D eigenvalue weighted by atomic mass is 9.77. The fourth-order valence-electron chi connectivity index (χ4n) is 8.06. The molecule has 0 fully saturated rings. The summed E-state index contributed by atoms with van der Waals surface area (Å²) in [6.45, 7) is 12.7. The Morgan fingerprint density at radius 1 is 0.451 bits per heavy atom. The predicted octanol–water partition coefficient (Wildman–Crippen LogP) is 14.4. The van der Waals surface area contributed by atoms with Gasteiger partial charge in [-0.2, -0.15) is 0 Å². The van der Waals surface area contributed by atoms with E-state index in [1.807, 2.05) is 12.2 Å². The van der Waals surface area contributed by atoms with Crippen LogP contribution in [0.3, 0.4) is 0 Å². The molecule has 0 aliphatic heterocycles. The van der Waals surface area contributed by atoms with Crippen LogP contribution in [0.25, 0.3) is 76.8 Å². The van der Waals surface area contributed by atoms with Crippen molar-refractivity contribution >= 4 is 32.3 Å². The smallest absolute Gasteiger partial charge is 0.00199 e. The molecule has 0 aliphatic carbocycles. The Balaban J connectivity index is 1.30. The third kappa shape index (κ3) is 5.88. The second-order valence-corrected chi connectivity index (χ2v) is 14.3. The molecule has 0 N–H and O–H groups in total. The molecule has 0 aliphatic rings. The molecule has 8 aromatic carbocycles. The van der Waals surface area contributed by atoms with Crippen LogP contribution in [-0.2, 0) is 11.8 Å². The van der Waals surface area contributed by atoms with Crippen molar-refractivity contribution in [3.63, 3.8) is 0 Å². The number of rotatable bonds is 9. The van der Waals surface area contributed by atoms with Gasteiger partial charge in [-0.05, 0) is 118 Å². The summed E-state index contributed by atoms with van der Waals surface area (Å²) in [6, 6.07) is 58.3. The van der Waals surface area contributed by atoms with Crippen molar-refractivity contribution in [3.05, 3.63) is 194 Å². The number of hydrogen-bond donors (Lipinski definition) is 0. The average molecular weight is 655 g/mol.